The van der Waals surface area contributed by atoms with Gasteiger partial charge in [0, 0.05) is 24.5 Å². The highest BCUT2D eigenvalue weighted by Gasteiger charge is 2.08. The van der Waals surface area contributed by atoms with Crippen LogP contribution < -0.4 is 21.1 Å². The van der Waals surface area contributed by atoms with Crippen molar-refractivity contribution in [3.05, 3.63) is 53.0 Å². The number of oxazole rings is 1. The molecule has 2 N–H and O–H groups in total. The van der Waals surface area contributed by atoms with Gasteiger partial charge in [0.2, 0.25) is 0 Å². The van der Waals surface area contributed by atoms with Crippen LogP contribution in [-0.4, -0.2) is 17.2 Å². The first-order valence-corrected chi connectivity index (χ1v) is 7.47. The number of anilines is 2. The summed E-state index contributed by atoms with van der Waals surface area (Å²) >= 11 is 0. The maximum atomic E-state index is 12.0. The van der Waals surface area contributed by atoms with Crippen LogP contribution in [0.15, 0.2) is 51.7 Å². The molecule has 0 spiro atoms. The van der Waals surface area contributed by atoms with Gasteiger partial charge in [0.05, 0.1) is 12.1 Å². The SMILES string of the molecule is CCOc1ccc(NC(=O)Nc2ccc3c(c2)oc(=O)n3C)cc1. The predicted molar refractivity (Wildman–Crippen MR) is 91.7 cm³/mol. The zero-order valence-corrected chi connectivity index (χ0v) is 13.3. The molecule has 0 bridgehead atoms. The Balaban J connectivity index is 1.69. The summed E-state index contributed by atoms with van der Waals surface area (Å²) in [5.41, 5.74) is 2.25. The molecule has 0 atom stereocenters. The average molecular weight is 327 g/mol. The van der Waals surface area contributed by atoms with E-state index in [1.165, 1.54) is 4.57 Å². The fourth-order valence-corrected chi connectivity index (χ4v) is 2.31. The normalized spacial score (nSPS) is 10.6. The van der Waals surface area contributed by atoms with E-state index in [-0.39, 0.29) is 0 Å². The molecule has 7 nitrogen and oxygen atoms in total. The minimum Gasteiger partial charge on any atom is -0.494 e. The summed E-state index contributed by atoms with van der Waals surface area (Å²) in [6.45, 7) is 2.50. The number of amides is 2. The number of nitrogens with zero attached hydrogens (tertiary/aromatic N) is 1. The number of hydrogen-bond donors (Lipinski definition) is 2. The van der Waals surface area contributed by atoms with Crippen molar-refractivity contribution < 1.29 is 13.9 Å². The molecular weight excluding hydrogens is 310 g/mol. The number of carbonyl (C=O) groups is 1. The van der Waals surface area contributed by atoms with E-state index in [0.717, 1.165) is 5.75 Å². The molecule has 0 saturated heterocycles. The first kappa shape index (κ1) is 15.7. The Labute approximate surface area is 137 Å². The second kappa shape index (κ2) is 6.49. The lowest BCUT2D eigenvalue weighted by atomic mass is 10.3. The topological polar surface area (TPSA) is 85.5 Å². The smallest absolute Gasteiger partial charge is 0.419 e. The molecule has 0 aliphatic carbocycles. The van der Waals surface area contributed by atoms with Gasteiger partial charge in [-0.2, -0.15) is 0 Å². The molecule has 0 aliphatic heterocycles. The molecule has 0 saturated carbocycles. The van der Waals surface area contributed by atoms with E-state index in [0.29, 0.717) is 29.1 Å². The van der Waals surface area contributed by atoms with Crippen LogP contribution in [0.1, 0.15) is 6.92 Å². The van der Waals surface area contributed by atoms with Gasteiger partial charge in [0.1, 0.15) is 5.75 Å². The first-order valence-electron chi connectivity index (χ1n) is 7.47. The molecule has 2 amide bonds. The van der Waals surface area contributed by atoms with Gasteiger partial charge in [-0.15, -0.1) is 0 Å². The number of carbonyl (C=O) groups excluding carboxylic acids is 1. The van der Waals surface area contributed by atoms with Crippen LogP contribution >= 0.6 is 0 Å². The summed E-state index contributed by atoms with van der Waals surface area (Å²) in [5, 5.41) is 5.42. The zero-order valence-electron chi connectivity index (χ0n) is 13.3. The first-order chi connectivity index (χ1) is 11.6. The van der Waals surface area contributed by atoms with Gasteiger partial charge in [-0.25, -0.2) is 9.59 Å². The highest BCUT2D eigenvalue weighted by Crippen LogP contribution is 2.19. The molecule has 3 rings (SSSR count). The van der Waals surface area contributed by atoms with Crippen molar-refractivity contribution in [2.45, 2.75) is 6.92 Å². The maximum absolute atomic E-state index is 12.0. The van der Waals surface area contributed by atoms with Crippen molar-refractivity contribution in [3.63, 3.8) is 0 Å². The molecule has 0 fully saturated rings. The highest BCUT2D eigenvalue weighted by molar-refractivity contribution is 6.00. The largest absolute Gasteiger partial charge is 0.494 e. The quantitative estimate of drug-likeness (QED) is 0.770. The Morgan fingerprint density at radius 3 is 2.50 bits per heavy atom. The fourth-order valence-electron chi connectivity index (χ4n) is 2.31. The summed E-state index contributed by atoms with van der Waals surface area (Å²) in [6, 6.07) is 11.7. The monoisotopic (exact) mass is 327 g/mol. The number of nitrogens with one attached hydrogen (secondary N) is 2. The molecular formula is C17H17N3O4. The molecule has 1 heterocycles. The minimum absolute atomic E-state index is 0.392. The molecule has 24 heavy (non-hydrogen) atoms. The summed E-state index contributed by atoms with van der Waals surface area (Å²) in [5.74, 6) is 0.300. The standard InChI is InChI=1S/C17H17N3O4/c1-3-23-13-7-4-11(5-8-13)18-16(21)19-12-6-9-14-15(10-12)24-17(22)20(14)2/h4-10H,3H2,1-2H3,(H2,18,19,21). The van der Waals surface area contributed by atoms with Crippen LogP contribution in [0, 0.1) is 0 Å². The van der Waals surface area contributed by atoms with E-state index >= 15 is 0 Å². The van der Waals surface area contributed by atoms with Crippen molar-refractivity contribution in [1.82, 2.24) is 4.57 Å². The fraction of sp³-hybridized carbons (Fsp3) is 0.176. The number of hydrogen-bond acceptors (Lipinski definition) is 4. The number of benzene rings is 2. The van der Waals surface area contributed by atoms with Gasteiger partial charge in [0.25, 0.3) is 0 Å². The van der Waals surface area contributed by atoms with Crippen LogP contribution in [0.5, 0.6) is 5.75 Å². The summed E-state index contributed by atoms with van der Waals surface area (Å²) in [4.78, 5) is 23.5. The van der Waals surface area contributed by atoms with E-state index in [9.17, 15) is 9.59 Å². The molecule has 2 aromatic carbocycles. The number of urea groups is 1. The second-order valence-electron chi connectivity index (χ2n) is 5.15. The van der Waals surface area contributed by atoms with Crippen molar-refractivity contribution in [2.75, 3.05) is 17.2 Å². The van der Waals surface area contributed by atoms with E-state index in [4.69, 9.17) is 9.15 Å². The number of rotatable bonds is 4. The van der Waals surface area contributed by atoms with E-state index in [2.05, 4.69) is 10.6 Å². The van der Waals surface area contributed by atoms with Crippen LogP contribution in [0.4, 0.5) is 16.2 Å². The van der Waals surface area contributed by atoms with Gasteiger partial charge in [-0.05, 0) is 43.3 Å². The van der Waals surface area contributed by atoms with Crippen LogP contribution in [0.3, 0.4) is 0 Å². The molecule has 7 heteroatoms. The van der Waals surface area contributed by atoms with Gasteiger partial charge < -0.3 is 19.8 Å². The van der Waals surface area contributed by atoms with Crippen molar-refractivity contribution in [2.24, 2.45) is 7.05 Å². The highest BCUT2D eigenvalue weighted by atomic mass is 16.5. The Hall–Kier alpha value is -3.22. The van der Waals surface area contributed by atoms with Gasteiger partial charge in [-0.1, -0.05) is 0 Å². The zero-order chi connectivity index (χ0) is 17.1. The van der Waals surface area contributed by atoms with E-state index in [1.807, 2.05) is 6.92 Å². The lowest BCUT2D eigenvalue weighted by Gasteiger charge is -2.08. The lowest BCUT2D eigenvalue weighted by molar-refractivity contribution is 0.262. The average Bonchev–Trinajstić information content (AvgIpc) is 2.83. The molecule has 0 unspecified atom stereocenters. The van der Waals surface area contributed by atoms with E-state index in [1.54, 1.807) is 49.5 Å². The minimum atomic E-state index is -0.444. The number of aromatic nitrogens is 1. The summed E-state index contributed by atoms with van der Waals surface area (Å²) in [7, 11) is 1.62. The van der Waals surface area contributed by atoms with Gasteiger partial charge in [0.15, 0.2) is 5.58 Å². The number of fused-ring (bicyclic) bond motifs is 1. The third kappa shape index (κ3) is 3.24. The Kier molecular flexibility index (Phi) is 4.24. The maximum Gasteiger partial charge on any atom is 0.419 e. The number of aryl methyl sites for hydroxylation is 1. The van der Waals surface area contributed by atoms with Gasteiger partial charge >= 0.3 is 11.8 Å². The van der Waals surface area contributed by atoms with Crippen LogP contribution in [-0.2, 0) is 7.05 Å². The van der Waals surface area contributed by atoms with Gasteiger partial charge in [-0.3, -0.25) is 4.57 Å². The van der Waals surface area contributed by atoms with Crippen LogP contribution in [0.25, 0.3) is 11.1 Å². The molecule has 3 aromatic rings. The van der Waals surface area contributed by atoms with Crippen molar-refractivity contribution >= 4 is 28.5 Å². The van der Waals surface area contributed by atoms with Crippen molar-refractivity contribution in [1.29, 1.82) is 0 Å². The molecule has 1 aromatic heterocycles. The Morgan fingerprint density at radius 2 is 1.79 bits per heavy atom. The third-order valence-electron chi connectivity index (χ3n) is 3.47. The molecule has 0 radical (unpaired) electrons. The lowest BCUT2D eigenvalue weighted by Crippen LogP contribution is -2.19. The Bertz CT molecular complexity index is 925. The van der Waals surface area contributed by atoms with Crippen LogP contribution in [0.2, 0.25) is 0 Å². The Morgan fingerprint density at radius 1 is 1.12 bits per heavy atom. The second-order valence-corrected chi connectivity index (χ2v) is 5.15. The predicted octanol–water partition coefficient (Wildman–Crippen LogP) is 3.17. The van der Waals surface area contributed by atoms with E-state index < -0.39 is 11.8 Å². The van der Waals surface area contributed by atoms with Crippen molar-refractivity contribution in [3.8, 4) is 5.75 Å². The number of ether oxygens (including phenoxy) is 1. The third-order valence-corrected chi connectivity index (χ3v) is 3.47. The summed E-state index contributed by atoms with van der Waals surface area (Å²) < 4.78 is 11.8. The molecule has 124 valence electrons. The molecule has 0 aliphatic rings. The summed E-state index contributed by atoms with van der Waals surface area (Å²) in [6.07, 6.45) is 0.